The van der Waals surface area contributed by atoms with Gasteiger partial charge in [0, 0.05) is 24.2 Å². The fourth-order valence-corrected chi connectivity index (χ4v) is 2.40. The molecule has 0 aromatic rings. The van der Waals surface area contributed by atoms with Crippen LogP contribution in [0.25, 0.3) is 0 Å². The number of carbonyl (C=O) groups excluding carboxylic acids is 4. The lowest BCUT2D eigenvalue weighted by molar-refractivity contribution is -0.161. The van der Waals surface area contributed by atoms with E-state index in [1.807, 2.05) is 0 Å². The number of hydrogen-bond donors (Lipinski definition) is 2. The minimum atomic E-state index is -0.994. The Labute approximate surface area is 208 Å². The zero-order chi connectivity index (χ0) is 27.2. The molecule has 0 aliphatic carbocycles. The molecule has 200 valence electrons. The van der Waals surface area contributed by atoms with Gasteiger partial charge in [-0.25, -0.2) is 19.2 Å². The maximum absolute atomic E-state index is 12.0. The molecule has 0 heterocycles. The summed E-state index contributed by atoms with van der Waals surface area (Å²) in [6, 6.07) is 0. The van der Waals surface area contributed by atoms with Crippen molar-refractivity contribution in [2.75, 3.05) is 19.7 Å². The van der Waals surface area contributed by atoms with Crippen LogP contribution in [0.15, 0.2) is 24.3 Å². The maximum atomic E-state index is 12.0. The number of rotatable bonds is 15. The number of ether oxygens (including phenoxy) is 4. The quantitative estimate of drug-likeness (QED) is 0.149. The van der Waals surface area contributed by atoms with Crippen molar-refractivity contribution in [3.63, 3.8) is 0 Å². The van der Waals surface area contributed by atoms with Gasteiger partial charge in [0.05, 0.1) is 0 Å². The summed E-state index contributed by atoms with van der Waals surface area (Å²) < 4.78 is 20.9. The third-order valence-corrected chi connectivity index (χ3v) is 4.88. The van der Waals surface area contributed by atoms with Gasteiger partial charge in [0.25, 0.3) is 0 Å². The number of amides is 2. The Morgan fingerprint density at radius 3 is 1.71 bits per heavy atom. The minimum Gasteiger partial charge on any atom is -0.453 e. The van der Waals surface area contributed by atoms with Gasteiger partial charge in [-0.15, -0.1) is 0 Å². The van der Waals surface area contributed by atoms with Crippen molar-refractivity contribution in [3.8, 4) is 0 Å². The average molecular weight is 499 g/mol. The molecule has 10 heteroatoms. The first kappa shape index (κ1) is 32.0. The van der Waals surface area contributed by atoms with Crippen LogP contribution in [0, 0.1) is 0 Å². The Morgan fingerprint density at radius 2 is 1.23 bits per heavy atom. The van der Waals surface area contributed by atoms with Crippen molar-refractivity contribution >= 4 is 24.1 Å². The van der Waals surface area contributed by atoms with Crippen molar-refractivity contribution < 1.29 is 38.1 Å². The molecular weight excluding hydrogens is 456 g/mol. The third kappa shape index (κ3) is 14.7. The van der Waals surface area contributed by atoms with Gasteiger partial charge in [-0.2, -0.15) is 0 Å². The molecule has 2 N–H and O–H groups in total. The van der Waals surface area contributed by atoms with E-state index < -0.39 is 41.4 Å². The van der Waals surface area contributed by atoms with Crippen molar-refractivity contribution in [3.05, 3.63) is 24.3 Å². The molecule has 0 radical (unpaired) electrons. The Kier molecular flexibility index (Phi) is 13.7. The predicted octanol–water partition coefficient (Wildman–Crippen LogP) is 4.18. The summed E-state index contributed by atoms with van der Waals surface area (Å²) in [6.45, 7) is 19.2. The molecular formula is C25H42N2O8. The van der Waals surface area contributed by atoms with Gasteiger partial charge in [-0.05, 0) is 61.3 Å². The summed E-state index contributed by atoms with van der Waals surface area (Å²) >= 11 is 0. The van der Waals surface area contributed by atoms with E-state index in [9.17, 15) is 19.2 Å². The number of hydrogen-bond acceptors (Lipinski definition) is 8. The van der Waals surface area contributed by atoms with Gasteiger partial charge in [-0.3, -0.25) is 0 Å². The Bertz CT molecular complexity index is 773. The second-order valence-electron chi connectivity index (χ2n) is 9.59. The Morgan fingerprint density at radius 1 is 0.771 bits per heavy atom. The topological polar surface area (TPSA) is 129 Å². The van der Waals surface area contributed by atoms with Crippen LogP contribution in [0.5, 0.6) is 0 Å². The standard InChI is InChI=1S/C25H42N2O8/c1-17(2)20(28)34-24(6,7)16-32-22(30)26-14-12-10-11-13-15-27-23(31)33-19(5)25(8,9)35-21(29)18(3)4/h19H,1,3,10-16H2,2,4-9H3,(H,26,30)(H,27,31). The minimum absolute atomic E-state index is 0.0776. The molecule has 0 saturated carbocycles. The highest BCUT2D eigenvalue weighted by atomic mass is 16.6. The monoisotopic (exact) mass is 498 g/mol. The first-order valence-electron chi connectivity index (χ1n) is 11.7. The van der Waals surface area contributed by atoms with Crippen LogP contribution in [0.3, 0.4) is 0 Å². The van der Waals surface area contributed by atoms with E-state index in [-0.39, 0.29) is 17.8 Å². The Balaban J connectivity index is 3.94. The second-order valence-corrected chi connectivity index (χ2v) is 9.59. The van der Waals surface area contributed by atoms with Crippen molar-refractivity contribution in [1.29, 1.82) is 0 Å². The zero-order valence-electron chi connectivity index (χ0n) is 22.2. The normalized spacial score (nSPS) is 12.1. The molecule has 10 nitrogen and oxygen atoms in total. The highest BCUT2D eigenvalue weighted by Gasteiger charge is 2.33. The molecule has 0 bridgehead atoms. The van der Waals surface area contributed by atoms with Crippen LogP contribution in [-0.4, -0.2) is 61.1 Å². The number of esters is 2. The van der Waals surface area contributed by atoms with E-state index in [2.05, 4.69) is 23.8 Å². The van der Waals surface area contributed by atoms with Crippen LogP contribution < -0.4 is 10.6 Å². The van der Waals surface area contributed by atoms with Gasteiger partial charge < -0.3 is 29.6 Å². The predicted molar refractivity (Wildman–Crippen MR) is 132 cm³/mol. The van der Waals surface area contributed by atoms with Crippen molar-refractivity contribution in [2.45, 2.75) is 91.5 Å². The average Bonchev–Trinajstić information content (AvgIpc) is 2.73. The second kappa shape index (κ2) is 15.1. The molecule has 1 atom stereocenters. The van der Waals surface area contributed by atoms with Gasteiger partial charge in [0.15, 0.2) is 0 Å². The summed E-state index contributed by atoms with van der Waals surface area (Å²) in [6.07, 6.45) is 1.35. The molecule has 0 fully saturated rings. The molecule has 0 saturated heterocycles. The molecule has 0 aromatic heterocycles. The summed E-state index contributed by atoms with van der Waals surface area (Å²) in [5.74, 6) is -1.08. The SMILES string of the molecule is C=C(C)C(=O)OC(C)(C)COC(=O)NCCCCCCNC(=O)OC(C)C(C)(C)OC(=O)C(=C)C. The van der Waals surface area contributed by atoms with Crippen LogP contribution in [0.4, 0.5) is 9.59 Å². The summed E-state index contributed by atoms with van der Waals surface area (Å²) in [5.41, 5.74) is -1.40. The lowest BCUT2D eigenvalue weighted by Crippen LogP contribution is -2.43. The van der Waals surface area contributed by atoms with E-state index in [0.717, 1.165) is 25.7 Å². The van der Waals surface area contributed by atoms with Gasteiger partial charge in [0.2, 0.25) is 0 Å². The van der Waals surface area contributed by atoms with Gasteiger partial charge in [0.1, 0.15) is 23.9 Å². The molecule has 0 aromatic carbocycles. The molecule has 0 spiro atoms. The number of nitrogens with one attached hydrogen (secondary N) is 2. The molecule has 1 unspecified atom stereocenters. The Hall–Kier alpha value is -3.04. The van der Waals surface area contributed by atoms with Gasteiger partial charge in [-0.1, -0.05) is 26.0 Å². The highest BCUT2D eigenvalue weighted by molar-refractivity contribution is 5.87. The van der Waals surface area contributed by atoms with E-state index in [4.69, 9.17) is 18.9 Å². The molecule has 0 aliphatic heterocycles. The smallest absolute Gasteiger partial charge is 0.407 e. The first-order chi connectivity index (χ1) is 16.1. The van der Waals surface area contributed by atoms with E-state index in [1.165, 1.54) is 0 Å². The summed E-state index contributed by atoms with van der Waals surface area (Å²) in [4.78, 5) is 47.0. The van der Waals surface area contributed by atoms with E-state index >= 15 is 0 Å². The molecule has 2 amide bonds. The lowest BCUT2D eigenvalue weighted by Gasteiger charge is -2.31. The number of alkyl carbamates (subject to hydrolysis) is 2. The van der Waals surface area contributed by atoms with Gasteiger partial charge >= 0.3 is 24.1 Å². The molecule has 0 rings (SSSR count). The summed E-state index contributed by atoms with van der Waals surface area (Å²) in [7, 11) is 0. The maximum Gasteiger partial charge on any atom is 0.407 e. The highest BCUT2D eigenvalue weighted by Crippen LogP contribution is 2.19. The first-order valence-corrected chi connectivity index (χ1v) is 11.7. The van der Waals surface area contributed by atoms with Crippen molar-refractivity contribution in [1.82, 2.24) is 10.6 Å². The lowest BCUT2D eigenvalue weighted by atomic mass is 10.0. The zero-order valence-corrected chi connectivity index (χ0v) is 22.2. The van der Waals surface area contributed by atoms with Crippen LogP contribution in [0.1, 0.15) is 74.1 Å². The van der Waals surface area contributed by atoms with Crippen LogP contribution in [0.2, 0.25) is 0 Å². The largest absolute Gasteiger partial charge is 0.453 e. The van der Waals surface area contributed by atoms with E-state index in [0.29, 0.717) is 13.1 Å². The fraction of sp³-hybridized carbons (Fsp3) is 0.680. The molecule has 35 heavy (non-hydrogen) atoms. The third-order valence-electron chi connectivity index (χ3n) is 4.88. The van der Waals surface area contributed by atoms with E-state index in [1.54, 1.807) is 48.5 Å². The molecule has 0 aliphatic rings. The van der Waals surface area contributed by atoms with Crippen LogP contribution in [-0.2, 0) is 28.5 Å². The number of unbranched alkanes of at least 4 members (excludes halogenated alkanes) is 3. The van der Waals surface area contributed by atoms with Crippen molar-refractivity contribution in [2.24, 2.45) is 0 Å². The fourth-order valence-electron chi connectivity index (χ4n) is 2.40. The number of carbonyl (C=O) groups is 4. The summed E-state index contributed by atoms with van der Waals surface area (Å²) in [5, 5.41) is 5.32. The van der Waals surface area contributed by atoms with Crippen LogP contribution >= 0.6 is 0 Å².